The average Bonchev–Trinajstić information content (AvgIpc) is 3.56. The molecule has 0 aliphatic carbocycles. The van der Waals surface area contributed by atoms with Crippen molar-refractivity contribution in [1.29, 1.82) is 0 Å². The van der Waals surface area contributed by atoms with E-state index in [-0.39, 0.29) is 12.5 Å². The zero-order valence-electron chi connectivity index (χ0n) is 19.5. The molecule has 1 aromatic heterocycles. The summed E-state index contributed by atoms with van der Waals surface area (Å²) in [5.41, 5.74) is 7.42. The fourth-order valence-electron chi connectivity index (χ4n) is 4.15. The van der Waals surface area contributed by atoms with Gasteiger partial charge in [-0.3, -0.25) is 4.79 Å². The molecule has 0 fully saturated rings. The van der Waals surface area contributed by atoms with Gasteiger partial charge in [-0.1, -0.05) is 54.1 Å². The Labute approximate surface area is 207 Å². The largest absolute Gasteiger partial charge is 0.454 e. The predicted octanol–water partition coefficient (Wildman–Crippen LogP) is 5.49. The maximum Gasteiger partial charge on any atom is 0.291 e. The van der Waals surface area contributed by atoms with Crippen molar-refractivity contribution in [2.45, 2.75) is 6.92 Å². The summed E-state index contributed by atoms with van der Waals surface area (Å²) in [5.74, 6) is 0.945. The van der Waals surface area contributed by atoms with Gasteiger partial charge in [0.05, 0.1) is 17.6 Å². The highest BCUT2D eigenvalue weighted by molar-refractivity contribution is 5.95. The van der Waals surface area contributed by atoms with Crippen LogP contribution in [0.1, 0.15) is 21.6 Å². The number of ether oxygens (including phenoxy) is 2. The number of benzene rings is 4. The van der Waals surface area contributed by atoms with Gasteiger partial charge in [0.1, 0.15) is 0 Å². The minimum atomic E-state index is -0.403. The van der Waals surface area contributed by atoms with Crippen molar-refractivity contribution >= 4 is 22.9 Å². The number of aromatic nitrogens is 2. The van der Waals surface area contributed by atoms with Gasteiger partial charge in [0, 0.05) is 5.56 Å². The van der Waals surface area contributed by atoms with Crippen LogP contribution in [0, 0.1) is 6.92 Å². The topological polar surface area (TPSA) is 77.7 Å². The van der Waals surface area contributed by atoms with Crippen LogP contribution in [0.4, 0.5) is 0 Å². The Bertz CT molecular complexity index is 1620. The highest BCUT2D eigenvalue weighted by Crippen LogP contribution is 2.32. The second kappa shape index (κ2) is 9.03. The number of fused-ring (bicyclic) bond motifs is 2. The number of rotatable bonds is 5. The molecule has 0 atom stereocenters. The van der Waals surface area contributed by atoms with Crippen molar-refractivity contribution in [3.8, 4) is 28.4 Å². The molecular weight excluding hydrogens is 452 g/mol. The van der Waals surface area contributed by atoms with Crippen LogP contribution in [0.2, 0.25) is 0 Å². The molecular formula is C29H22N4O3. The highest BCUT2D eigenvalue weighted by Gasteiger charge is 2.17. The number of hydrogen-bond donors (Lipinski definition) is 1. The number of aryl methyl sites for hydroxylation is 1. The summed E-state index contributed by atoms with van der Waals surface area (Å²) in [6.07, 6.45) is 1.56. The third kappa shape index (κ3) is 4.18. The second-order valence-corrected chi connectivity index (χ2v) is 8.54. The molecule has 6 rings (SSSR count). The molecule has 0 bridgehead atoms. The molecule has 36 heavy (non-hydrogen) atoms. The van der Waals surface area contributed by atoms with Crippen molar-refractivity contribution < 1.29 is 14.3 Å². The molecule has 5 aromatic rings. The van der Waals surface area contributed by atoms with E-state index in [0.29, 0.717) is 11.5 Å². The van der Waals surface area contributed by atoms with E-state index in [2.05, 4.69) is 39.9 Å². The standard InChI is InChI=1S/C29H22N4O3/c1-19-6-11-24(12-7-19)33-26(23-10-9-21-4-2-3-5-22(21)15-23)16-25(32-33)29(34)31-30-17-20-8-13-27-28(14-20)36-18-35-27/h2-17H,18H2,1H3,(H,31,34)/b30-17-. The Hall–Kier alpha value is -4.91. The molecule has 0 saturated carbocycles. The van der Waals surface area contributed by atoms with Crippen molar-refractivity contribution in [2.24, 2.45) is 5.10 Å². The summed E-state index contributed by atoms with van der Waals surface area (Å²) in [4.78, 5) is 13.0. The van der Waals surface area contributed by atoms with Crippen LogP contribution in [0.5, 0.6) is 11.5 Å². The Kier molecular flexibility index (Phi) is 5.42. The van der Waals surface area contributed by atoms with E-state index in [1.807, 2.05) is 67.6 Å². The van der Waals surface area contributed by atoms with Crippen molar-refractivity contribution in [3.05, 3.63) is 108 Å². The maximum atomic E-state index is 13.0. The number of carbonyl (C=O) groups is 1. The Morgan fingerprint density at radius 3 is 2.58 bits per heavy atom. The lowest BCUT2D eigenvalue weighted by Crippen LogP contribution is -2.18. The third-order valence-electron chi connectivity index (χ3n) is 6.04. The van der Waals surface area contributed by atoms with Gasteiger partial charge >= 0.3 is 0 Å². The van der Waals surface area contributed by atoms with Crippen molar-refractivity contribution in [3.63, 3.8) is 0 Å². The Morgan fingerprint density at radius 1 is 0.917 bits per heavy atom. The summed E-state index contributed by atoms with van der Waals surface area (Å²) < 4.78 is 12.5. The van der Waals surface area contributed by atoms with Crippen LogP contribution in [0.3, 0.4) is 0 Å². The second-order valence-electron chi connectivity index (χ2n) is 8.54. The first-order chi connectivity index (χ1) is 17.6. The molecule has 4 aromatic carbocycles. The summed E-state index contributed by atoms with van der Waals surface area (Å²) in [7, 11) is 0. The number of nitrogens with zero attached hydrogens (tertiary/aromatic N) is 3. The lowest BCUT2D eigenvalue weighted by atomic mass is 10.0. The molecule has 2 heterocycles. The molecule has 0 spiro atoms. The van der Waals surface area contributed by atoms with E-state index in [9.17, 15) is 4.79 Å². The molecule has 0 saturated heterocycles. The van der Waals surface area contributed by atoms with Gasteiger partial charge in [-0.05, 0) is 65.7 Å². The van der Waals surface area contributed by atoms with Gasteiger partial charge < -0.3 is 9.47 Å². The van der Waals surface area contributed by atoms with Crippen molar-refractivity contribution in [1.82, 2.24) is 15.2 Å². The smallest absolute Gasteiger partial charge is 0.291 e. The fraction of sp³-hybridized carbons (Fsp3) is 0.0690. The zero-order valence-corrected chi connectivity index (χ0v) is 19.5. The molecule has 1 aliphatic rings. The maximum absolute atomic E-state index is 13.0. The number of hydrazone groups is 1. The molecule has 7 heteroatoms. The van der Waals surface area contributed by atoms with E-state index >= 15 is 0 Å². The molecule has 0 unspecified atom stereocenters. The van der Waals surface area contributed by atoms with Gasteiger partial charge in [-0.2, -0.15) is 10.2 Å². The van der Waals surface area contributed by atoms with Crippen LogP contribution >= 0.6 is 0 Å². The summed E-state index contributed by atoms with van der Waals surface area (Å²) in [6.45, 7) is 2.24. The van der Waals surface area contributed by atoms with Crippen LogP contribution < -0.4 is 14.9 Å². The Balaban J connectivity index is 1.32. The predicted molar refractivity (Wildman–Crippen MR) is 139 cm³/mol. The SMILES string of the molecule is Cc1ccc(-n2nc(C(=O)N/N=C\c3ccc4c(c3)OCO4)cc2-c2ccc3ccccc3c2)cc1. The van der Waals surface area contributed by atoms with E-state index in [1.54, 1.807) is 17.0 Å². The molecule has 1 aliphatic heterocycles. The van der Waals surface area contributed by atoms with Crippen LogP contribution in [-0.4, -0.2) is 28.7 Å². The number of nitrogens with one attached hydrogen (secondary N) is 1. The molecule has 176 valence electrons. The molecule has 1 amide bonds. The molecule has 1 N–H and O–H groups in total. The summed E-state index contributed by atoms with van der Waals surface area (Å²) in [5, 5.41) is 11.0. The van der Waals surface area contributed by atoms with Gasteiger partial charge in [0.15, 0.2) is 17.2 Å². The fourth-order valence-corrected chi connectivity index (χ4v) is 4.15. The van der Waals surface area contributed by atoms with E-state index < -0.39 is 5.91 Å². The van der Waals surface area contributed by atoms with Gasteiger partial charge in [0.2, 0.25) is 6.79 Å². The molecule has 7 nitrogen and oxygen atoms in total. The Morgan fingerprint density at radius 2 is 1.72 bits per heavy atom. The van der Waals surface area contributed by atoms with Crippen LogP contribution in [0.15, 0.2) is 96.1 Å². The quantitative estimate of drug-likeness (QED) is 0.270. The van der Waals surface area contributed by atoms with Gasteiger partial charge in [-0.25, -0.2) is 10.1 Å². The first-order valence-electron chi connectivity index (χ1n) is 11.5. The monoisotopic (exact) mass is 474 g/mol. The first kappa shape index (κ1) is 21.6. The van der Waals surface area contributed by atoms with E-state index in [1.165, 1.54) is 0 Å². The summed E-state index contributed by atoms with van der Waals surface area (Å²) in [6, 6.07) is 29.7. The van der Waals surface area contributed by atoms with Gasteiger partial charge in [-0.15, -0.1) is 0 Å². The number of amides is 1. The lowest BCUT2D eigenvalue weighted by molar-refractivity contribution is 0.0949. The van der Waals surface area contributed by atoms with E-state index in [4.69, 9.17) is 9.47 Å². The van der Waals surface area contributed by atoms with Crippen LogP contribution in [0.25, 0.3) is 27.7 Å². The van der Waals surface area contributed by atoms with Crippen LogP contribution in [-0.2, 0) is 0 Å². The third-order valence-corrected chi connectivity index (χ3v) is 6.04. The zero-order chi connectivity index (χ0) is 24.5. The average molecular weight is 475 g/mol. The first-order valence-corrected chi connectivity index (χ1v) is 11.5. The van der Waals surface area contributed by atoms with Gasteiger partial charge in [0.25, 0.3) is 5.91 Å². The normalized spacial score (nSPS) is 12.4. The highest BCUT2D eigenvalue weighted by atomic mass is 16.7. The minimum absolute atomic E-state index is 0.204. The lowest BCUT2D eigenvalue weighted by Gasteiger charge is -2.09. The minimum Gasteiger partial charge on any atom is -0.454 e. The number of carbonyl (C=O) groups excluding carboxylic acids is 1. The van der Waals surface area contributed by atoms with Crippen molar-refractivity contribution in [2.75, 3.05) is 6.79 Å². The molecule has 0 radical (unpaired) electrons. The van der Waals surface area contributed by atoms with E-state index in [0.717, 1.165) is 38.8 Å². The number of hydrogen-bond acceptors (Lipinski definition) is 5. The summed E-state index contributed by atoms with van der Waals surface area (Å²) >= 11 is 0.